The van der Waals surface area contributed by atoms with E-state index >= 15 is 0 Å². The summed E-state index contributed by atoms with van der Waals surface area (Å²) < 4.78 is 4.61. The summed E-state index contributed by atoms with van der Waals surface area (Å²) in [6, 6.07) is 5.45. The molecule has 0 saturated carbocycles. The first-order chi connectivity index (χ1) is 7.19. The second-order valence-corrected chi connectivity index (χ2v) is 4.00. The molecule has 1 rings (SSSR count). The number of aryl methyl sites for hydroxylation is 1. The van der Waals surface area contributed by atoms with E-state index in [9.17, 15) is 4.79 Å². The zero-order valence-electron chi connectivity index (χ0n) is 8.63. The Morgan fingerprint density at radius 3 is 2.80 bits per heavy atom. The van der Waals surface area contributed by atoms with Crippen LogP contribution in [-0.4, -0.2) is 18.4 Å². The Bertz CT molecular complexity index is 352. The number of esters is 1. The molecule has 2 N–H and O–H groups in total. The number of carbonyl (C=O) groups excluding carboxylic acids is 1. The van der Waals surface area contributed by atoms with E-state index in [1.165, 1.54) is 7.11 Å². The Hall–Kier alpha value is -1.03. The zero-order chi connectivity index (χ0) is 11.3. The van der Waals surface area contributed by atoms with Gasteiger partial charge in [0, 0.05) is 11.0 Å². The number of benzene rings is 1. The summed E-state index contributed by atoms with van der Waals surface area (Å²) in [6.07, 6.45) is 2.01. The molecule has 0 aliphatic rings. The van der Waals surface area contributed by atoms with Gasteiger partial charge in [-0.3, -0.25) is 0 Å². The monoisotopic (exact) mass is 271 g/mol. The van der Waals surface area contributed by atoms with Gasteiger partial charge in [0.05, 0.1) is 12.7 Å². The SMILES string of the molecule is COC(=O)c1ccc(CCCBr)cc1N. The number of anilines is 1. The van der Waals surface area contributed by atoms with Crippen LogP contribution in [0, 0.1) is 0 Å². The minimum Gasteiger partial charge on any atom is -0.465 e. The molecule has 0 saturated heterocycles. The summed E-state index contributed by atoms with van der Waals surface area (Å²) >= 11 is 3.37. The van der Waals surface area contributed by atoms with Crippen molar-refractivity contribution < 1.29 is 9.53 Å². The van der Waals surface area contributed by atoms with Crippen molar-refractivity contribution in [1.29, 1.82) is 0 Å². The van der Waals surface area contributed by atoms with Crippen LogP contribution >= 0.6 is 15.9 Å². The first-order valence-electron chi connectivity index (χ1n) is 4.71. The van der Waals surface area contributed by atoms with Crippen LogP contribution in [0.3, 0.4) is 0 Å². The lowest BCUT2D eigenvalue weighted by Gasteiger charge is -2.06. The lowest BCUT2D eigenvalue weighted by atomic mass is 10.1. The molecule has 0 fully saturated rings. The lowest BCUT2D eigenvalue weighted by Crippen LogP contribution is -2.06. The standard InChI is InChI=1S/C11H14BrNO2/c1-15-11(14)9-5-4-8(3-2-6-12)7-10(9)13/h4-5,7H,2-3,6,13H2,1H3. The van der Waals surface area contributed by atoms with Crippen molar-refractivity contribution in [3.8, 4) is 0 Å². The van der Waals surface area contributed by atoms with Crippen molar-refractivity contribution in [3.63, 3.8) is 0 Å². The van der Waals surface area contributed by atoms with Gasteiger partial charge >= 0.3 is 5.97 Å². The Kier molecular flexibility index (Phi) is 4.62. The molecule has 0 radical (unpaired) electrons. The minimum absolute atomic E-state index is 0.389. The number of halogens is 1. The summed E-state index contributed by atoms with van der Waals surface area (Å²) in [5.74, 6) is -0.389. The third kappa shape index (κ3) is 3.23. The van der Waals surface area contributed by atoms with Gasteiger partial charge in [-0.25, -0.2) is 4.79 Å². The zero-order valence-corrected chi connectivity index (χ0v) is 10.2. The molecular weight excluding hydrogens is 258 g/mol. The summed E-state index contributed by atoms with van der Waals surface area (Å²) in [5, 5.41) is 0.964. The van der Waals surface area contributed by atoms with E-state index in [0.29, 0.717) is 11.3 Å². The van der Waals surface area contributed by atoms with Gasteiger partial charge in [-0.05, 0) is 30.5 Å². The van der Waals surface area contributed by atoms with Crippen molar-refractivity contribution in [1.82, 2.24) is 0 Å². The van der Waals surface area contributed by atoms with Gasteiger partial charge in [0.1, 0.15) is 0 Å². The average Bonchev–Trinajstić information content (AvgIpc) is 2.25. The highest BCUT2D eigenvalue weighted by Gasteiger charge is 2.09. The van der Waals surface area contributed by atoms with Gasteiger partial charge in [0.25, 0.3) is 0 Å². The van der Waals surface area contributed by atoms with Crippen LogP contribution in [0.2, 0.25) is 0 Å². The molecule has 0 aromatic heterocycles. The minimum atomic E-state index is -0.389. The number of nitrogens with two attached hydrogens (primary N) is 1. The highest BCUT2D eigenvalue weighted by molar-refractivity contribution is 9.09. The van der Waals surface area contributed by atoms with Crippen molar-refractivity contribution in [3.05, 3.63) is 29.3 Å². The molecule has 15 heavy (non-hydrogen) atoms. The molecule has 0 unspecified atom stereocenters. The van der Waals surface area contributed by atoms with E-state index in [1.807, 2.05) is 12.1 Å². The number of hydrogen-bond acceptors (Lipinski definition) is 3. The molecule has 0 bridgehead atoms. The topological polar surface area (TPSA) is 52.3 Å². The van der Waals surface area contributed by atoms with Crippen molar-refractivity contribution in [2.75, 3.05) is 18.2 Å². The molecule has 1 aromatic carbocycles. The number of ether oxygens (including phenoxy) is 1. The molecular formula is C11H14BrNO2. The molecule has 0 aliphatic heterocycles. The van der Waals surface area contributed by atoms with Gasteiger partial charge < -0.3 is 10.5 Å². The second-order valence-electron chi connectivity index (χ2n) is 3.21. The molecule has 0 heterocycles. The van der Waals surface area contributed by atoms with Gasteiger partial charge in [0.2, 0.25) is 0 Å². The van der Waals surface area contributed by atoms with Crippen LogP contribution in [0.4, 0.5) is 5.69 Å². The normalized spacial score (nSPS) is 10.0. The molecule has 82 valence electrons. The Balaban J connectivity index is 2.83. The first kappa shape index (κ1) is 12.0. The second kappa shape index (κ2) is 5.75. The number of nitrogen functional groups attached to an aromatic ring is 1. The predicted molar refractivity (Wildman–Crippen MR) is 64.3 cm³/mol. The fraction of sp³-hybridized carbons (Fsp3) is 0.364. The predicted octanol–water partition coefficient (Wildman–Crippen LogP) is 2.38. The van der Waals surface area contributed by atoms with Crippen LogP contribution in [0.25, 0.3) is 0 Å². The van der Waals surface area contributed by atoms with E-state index in [1.54, 1.807) is 6.07 Å². The van der Waals surface area contributed by atoms with Gasteiger partial charge in [-0.15, -0.1) is 0 Å². The summed E-state index contributed by atoms with van der Waals surface area (Å²) in [7, 11) is 1.35. The Morgan fingerprint density at radius 1 is 1.53 bits per heavy atom. The third-order valence-corrected chi connectivity index (χ3v) is 2.68. The third-order valence-electron chi connectivity index (χ3n) is 2.12. The smallest absolute Gasteiger partial charge is 0.339 e. The van der Waals surface area contributed by atoms with E-state index in [-0.39, 0.29) is 5.97 Å². The number of alkyl halides is 1. The highest BCUT2D eigenvalue weighted by atomic mass is 79.9. The van der Waals surface area contributed by atoms with Gasteiger partial charge in [-0.2, -0.15) is 0 Å². The maximum atomic E-state index is 11.2. The first-order valence-corrected chi connectivity index (χ1v) is 5.84. The van der Waals surface area contributed by atoms with E-state index in [0.717, 1.165) is 23.7 Å². The molecule has 4 heteroatoms. The number of carbonyl (C=O) groups is 1. The Labute approximate surface area is 97.7 Å². The lowest BCUT2D eigenvalue weighted by molar-refractivity contribution is 0.0602. The summed E-state index contributed by atoms with van der Waals surface area (Å²) in [5.41, 5.74) is 7.81. The van der Waals surface area contributed by atoms with Crippen LogP contribution in [-0.2, 0) is 11.2 Å². The van der Waals surface area contributed by atoms with Crippen LogP contribution in [0.5, 0.6) is 0 Å². The fourth-order valence-electron chi connectivity index (χ4n) is 1.33. The molecule has 3 nitrogen and oxygen atoms in total. The molecule has 0 atom stereocenters. The molecule has 0 aliphatic carbocycles. The van der Waals surface area contributed by atoms with E-state index < -0.39 is 0 Å². The largest absolute Gasteiger partial charge is 0.465 e. The average molecular weight is 272 g/mol. The highest BCUT2D eigenvalue weighted by Crippen LogP contribution is 2.16. The van der Waals surface area contributed by atoms with Crippen molar-refractivity contribution in [2.24, 2.45) is 0 Å². The van der Waals surface area contributed by atoms with Gasteiger partial charge in [-0.1, -0.05) is 22.0 Å². The van der Waals surface area contributed by atoms with E-state index in [2.05, 4.69) is 20.7 Å². The molecule has 0 spiro atoms. The van der Waals surface area contributed by atoms with Crippen molar-refractivity contribution in [2.45, 2.75) is 12.8 Å². The summed E-state index contributed by atoms with van der Waals surface area (Å²) in [4.78, 5) is 11.2. The summed E-state index contributed by atoms with van der Waals surface area (Å²) in [6.45, 7) is 0. The molecule has 0 amide bonds. The molecule has 1 aromatic rings. The number of hydrogen-bond donors (Lipinski definition) is 1. The van der Waals surface area contributed by atoms with Crippen LogP contribution < -0.4 is 5.73 Å². The van der Waals surface area contributed by atoms with E-state index in [4.69, 9.17) is 5.73 Å². The quantitative estimate of drug-likeness (QED) is 0.520. The number of rotatable bonds is 4. The van der Waals surface area contributed by atoms with Crippen molar-refractivity contribution >= 4 is 27.6 Å². The van der Waals surface area contributed by atoms with Gasteiger partial charge in [0.15, 0.2) is 0 Å². The Morgan fingerprint density at radius 2 is 2.27 bits per heavy atom. The van der Waals surface area contributed by atoms with Crippen LogP contribution in [0.1, 0.15) is 22.3 Å². The maximum absolute atomic E-state index is 11.2. The van der Waals surface area contributed by atoms with Crippen LogP contribution in [0.15, 0.2) is 18.2 Å². The fourth-order valence-corrected chi connectivity index (χ4v) is 1.61. The number of methoxy groups -OCH3 is 1. The maximum Gasteiger partial charge on any atom is 0.339 e.